The lowest BCUT2D eigenvalue weighted by atomic mass is 9.94. The molecular weight excluding hydrogens is 348 g/mol. The molecule has 3 nitrogen and oxygen atoms in total. The smallest absolute Gasteiger partial charge is 0.395 e. The fourth-order valence-electron chi connectivity index (χ4n) is 3.69. The molecule has 4 rings (SSSR count). The maximum absolute atomic E-state index is 12.6. The lowest BCUT2D eigenvalue weighted by Crippen LogP contribution is -2.14. The molecule has 0 fully saturated rings. The number of carbonyl (C=O) groups excluding carboxylic acids is 1. The van der Waals surface area contributed by atoms with Crippen molar-refractivity contribution >= 4 is 27.7 Å². The molecule has 0 aliphatic rings. The molecule has 140 valence electrons. The Morgan fingerprint density at radius 2 is 1.46 bits per heavy atom. The van der Waals surface area contributed by atoms with Gasteiger partial charge in [-0.05, 0) is 52.9 Å². The Bertz CT molecular complexity index is 1150. The van der Waals surface area contributed by atoms with Crippen LogP contribution in [0, 0.1) is 0 Å². The van der Waals surface area contributed by atoms with Crippen molar-refractivity contribution < 1.29 is 14.3 Å². The van der Waals surface area contributed by atoms with Gasteiger partial charge in [0.1, 0.15) is 11.5 Å². The predicted octanol–water partition coefficient (Wildman–Crippen LogP) is 6.70. The van der Waals surface area contributed by atoms with Gasteiger partial charge in [0.15, 0.2) is 0 Å². The molecule has 0 N–H and O–H groups in total. The molecule has 0 saturated heterocycles. The molecule has 0 atom stereocenters. The monoisotopic (exact) mass is 370 g/mol. The number of aryl methyl sites for hydroxylation is 2. The maximum Gasteiger partial charge on any atom is 0.519 e. The van der Waals surface area contributed by atoms with E-state index in [4.69, 9.17) is 9.47 Å². The Balaban J connectivity index is 1.89. The molecule has 0 heterocycles. The highest BCUT2D eigenvalue weighted by Gasteiger charge is 2.17. The minimum atomic E-state index is -0.729. The first-order valence-electron chi connectivity index (χ1n) is 9.62. The summed E-state index contributed by atoms with van der Waals surface area (Å²) in [7, 11) is 0. The Morgan fingerprint density at radius 1 is 0.750 bits per heavy atom. The molecule has 0 saturated carbocycles. The van der Waals surface area contributed by atoms with Gasteiger partial charge in [0, 0.05) is 10.8 Å². The largest absolute Gasteiger partial charge is 0.519 e. The number of benzene rings is 4. The first-order chi connectivity index (χ1) is 13.7. The molecule has 0 aliphatic carbocycles. The van der Waals surface area contributed by atoms with Gasteiger partial charge >= 0.3 is 6.16 Å². The van der Waals surface area contributed by atoms with Gasteiger partial charge in [0.2, 0.25) is 0 Å². The predicted molar refractivity (Wildman–Crippen MR) is 113 cm³/mol. The highest BCUT2D eigenvalue weighted by Crippen LogP contribution is 2.39. The van der Waals surface area contributed by atoms with E-state index in [1.165, 1.54) is 5.56 Å². The summed E-state index contributed by atoms with van der Waals surface area (Å²) in [4.78, 5) is 12.6. The van der Waals surface area contributed by atoms with E-state index in [9.17, 15) is 4.79 Å². The van der Waals surface area contributed by atoms with Crippen LogP contribution in [0.15, 0.2) is 72.8 Å². The third-order valence-corrected chi connectivity index (χ3v) is 5.04. The number of rotatable bonds is 4. The number of carbonyl (C=O) groups is 1. The van der Waals surface area contributed by atoms with Crippen LogP contribution in [0.2, 0.25) is 0 Å². The molecule has 0 bridgehead atoms. The average molecular weight is 370 g/mol. The summed E-state index contributed by atoms with van der Waals surface area (Å²) in [5.41, 5.74) is 2.37. The lowest BCUT2D eigenvalue weighted by molar-refractivity contribution is 0.153. The summed E-state index contributed by atoms with van der Waals surface area (Å²) < 4.78 is 11.2. The minimum Gasteiger partial charge on any atom is -0.395 e. The van der Waals surface area contributed by atoms with Crippen LogP contribution in [-0.2, 0) is 12.8 Å². The van der Waals surface area contributed by atoms with Crippen LogP contribution in [0.25, 0.3) is 21.5 Å². The SMILES string of the molecule is CCc1cccc2c(OC(=O)Oc3ccccc3)c3c(CC)cccc3cc12. The molecule has 0 aromatic heterocycles. The Kier molecular flexibility index (Phi) is 4.98. The summed E-state index contributed by atoms with van der Waals surface area (Å²) >= 11 is 0. The van der Waals surface area contributed by atoms with Gasteiger partial charge in [-0.2, -0.15) is 0 Å². The molecule has 4 aromatic carbocycles. The molecule has 4 aromatic rings. The summed E-state index contributed by atoms with van der Waals surface area (Å²) in [6.45, 7) is 4.24. The van der Waals surface area contributed by atoms with Crippen LogP contribution < -0.4 is 9.47 Å². The third kappa shape index (κ3) is 3.31. The zero-order chi connectivity index (χ0) is 19.5. The molecule has 0 spiro atoms. The average Bonchev–Trinajstić information content (AvgIpc) is 2.73. The second-order valence-electron chi connectivity index (χ2n) is 6.71. The second-order valence-corrected chi connectivity index (χ2v) is 6.71. The quantitative estimate of drug-likeness (QED) is 0.228. The highest BCUT2D eigenvalue weighted by atomic mass is 16.7. The number of para-hydroxylation sites is 1. The summed E-state index contributed by atoms with van der Waals surface area (Å²) in [6.07, 6.45) is 1.03. The Morgan fingerprint density at radius 3 is 2.21 bits per heavy atom. The van der Waals surface area contributed by atoms with Crippen molar-refractivity contribution in [3.05, 3.63) is 83.9 Å². The van der Waals surface area contributed by atoms with Crippen molar-refractivity contribution in [2.24, 2.45) is 0 Å². The normalized spacial score (nSPS) is 10.9. The number of hydrogen-bond donors (Lipinski definition) is 0. The van der Waals surface area contributed by atoms with E-state index in [2.05, 4.69) is 38.1 Å². The molecule has 0 aliphatic heterocycles. The van der Waals surface area contributed by atoms with Gasteiger partial charge in [-0.15, -0.1) is 0 Å². The zero-order valence-corrected chi connectivity index (χ0v) is 16.1. The van der Waals surface area contributed by atoms with Crippen LogP contribution in [-0.4, -0.2) is 6.16 Å². The topological polar surface area (TPSA) is 35.5 Å². The molecule has 0 unspecified atom stereocenters. The van der Waals surface area contributed by atoms with E-state index in [1.807, 2.05) is 36.4 Å². The first kappa shape index (κ1) is 18.1. The molecule has 0 radical (unpaired) electrons. The van der Waals surface area contributed by atoms with E-state index in [0.29, 0.717) is 11.5 Å². The van der Waals surface area contributed by atoms with E-state index in [-0.39, 0.29) is 0 Å². The van der Waals surface area contributed by atoms with Gasteiger partial charge in [0.25, 0.3) is 0 Å². The van der Waals surface area contributed by atoms with Gasteiger partial charge < -0.3 is 9.47 Å². The van der Waals surface area contributed by atoms with Crippen LogP contribution in [0.5, 0.6) is 11.5 Å². The molecular formula is C25H22O3. The van der Waals surface area contributed by atoms with Crippen LogP contribution >= 0.6 is 0 Å². The Labute approximate surface area is 164 Å². The van der Waals surface area contributed by atoms with Crippen LogP contribution in [0.3, 0.4) is 0 Å². The fraction of sp³-hybridized carbons (Fsp3) is 0.160. The third-order valence-electron chi connectivity index (χ3n) is 5.04. The fourth-order valence-corrected chi connectivity index (χ4v) is 3.69. The molecule has 0 amide bonds. The lowest BCUT2D eigenvalue weighted by Gasteiger charge is -2.16. The van der Waals surface area contributed by atoms with E-state index >= 15 is 0 Å². The summed E-state index contributed by atoms with van der Waals surface area (Å²) in [5, 5.41) is 4.07. The number of ether oxygens (including phenoxy) is 2. The Hall–Kier alpha value is -3.33. The number of hydrogen-bond acceptors (Lipinski definition) is 3. The second kappa shape index (κ2) is 7.73. The van der Waals surface area contributed by atoms with E-state index < -0.39 is 6.16 Å². The van der Waals surface area contributed by atoms with Crippen molar-refractivity contribution in [1.29, 1.82) is 0 Å². The van der Waals surface area contributed by atoms with Gasteiger partial charge in [-0.25, -0.2) is 4.79 Å². The van der Waals surface area contributed by atoms with E-state index in [1.54, 1.807) is 12.1 Å². The first-order valence-corrected chi connectivity index (χ1v) is 9.62. The number of fused-ring (bicyclic) bond motifs is 2. The van der Waals surface area contributed by atoms with Crippen molar-refractivity contribution in [1.82, 2.24) is 0 Å². The summed E-state index contributed by atoms with van der Waals surface area (Å²) in [5.74, 6) is 1.03. The summed E-state index contributed by atoms with van der Waals surface area (Å²) in [6, 6.07) is 23.5. The van der Waals surface area contributed by atoms with Gasteiger partial charge in [-0.3, -0.25) is 0 Å². The van der Waals surface area contributed by atoms with Crippen molar-refractivity contribution in [2.75, 3.05) is 0 Å². The van der Waals surface area contributed by atoms with Crippen molar-refractivity contribution in [3.8, 4) is 11.5 Å². The van der Waals surface area contributed by atoms with Gasteiger partial charge in [-0.1, -0.05) is 68.4 Å². The standard InChI is InChI=1S/C25H22O3/c1-3-17-10-9-15-21-22(17)16-19-12-8-11-18(4-2)23(19)24(21)28-25(26)27-20-13-6-5-7-14-20/h5-16H,3-4H2,1-2H3. The molecule has 3 heteroatoms. The van der Waals surface area contributed by atoms with Crippen LogP contribution in [0.1, 0.15) is 25.0 Å². The molecule has 28 heavy (non-hydrogen) atoms. The van der Waals surface area contributed by atoms with Crippen LogP contribution in [0.4, 0.5) is 4.79 Å². The zero-order valence-electron chi connectivity index (χ0n) is 16.1. The highest BCUT2D eigenvalue weighted by molar-refractivity contribution is 6.08. The maximum atomic E-state index is 12.6. The van der Waals surface area contributed by atoms with Gasteiger partial charge in [0.05, 0.1) is 0 Å². The van der Waals surface area contributed by atoms with Crippen molar-refractivity contribution in [3.63, 3.8) is 0 Å². The van der Waals surface area contributed by atoms with Crippen molar-refractivity contribution in [2.45, 2.75) is 26.7 Å². The minimum absolute atomic E-state index is 0.460. The van der Waals surface area contributed by atoms with E-state index in [0.717, 1.165) is 39.9 Å².